The van der Waals surface area contributed by atoms with Crippen molar-refractivity contribution in [3.8, 4) is 0 Å². The summed E-state index contributed by atoms with van der Waals surface area (Å²) in [4.78, 5) is 50.5. The lowest BCUT2D eigenvalue weighted by molar-refractivity contribution is -0.136. The molecule has 9 nitrogen and oxygen atoms in total. The highest BCUT2D eigenvalue weighted by molar-refractivity contribution is 6.23. The molecule has 3 aromatic rings. The number of aryl methyl sites for hydroxylation is 1. The zero-order chi connectivity index (χ0) is 24.3. The van der Waals surface area contributed by atoms with Gasteiger partial charge in [-0.3, -0.25) is 34.1 Å². The molecule has 0 spiro atoms. The van der Waals surface area contributed by atoms with Crippen LogP contribution in [0.15, 0.2) is 42.6 Å². The van der Waals surface area contributed by atoms with Crippen molar-refractivity contribution in [2.75, 3.05) is 11.9 Å². The molecule has 2 fully saturated rings. The van der Waals surface area contributed by atoms with E-state index in [4.69, 9.17) is 5.10 Å². The lowest BCUT2D eigenvalue weighted by atomic mass is 9.80. The highest BCUT2D eigenvalue weighted by Gasteiger charge is 2.44. The van der Waals surface area contributed by atoms with Crippen LogP contribution >= 0.6 is 0 Å². The number of benzene rings is 2. The molecule has 3 heterocycles. The van der Waals surface area contributed by atoms with Crippen molar-refractivity contribution < 1.29 is 19.2 Å². The van der Waals surface area contributed by atoms with Crippen molar-refractivity contribution in [2.24, 2.45) is 5.92 Å². The fourth-order valence-corrected chi connectivity index (χ4v) is 5.32. The molecule has 0 bridgehead atoms. The number of imide groups is 2. The third kappa shape index (κ3) is 3.58. The van der Waals surface area contributed by atoms with Gasteiger partial charge in [-0.05, 0) is 55.9 Å². The predicted octanol–water partition coefficient (Wildman–Crippen LogP) is 2.81. The van der Waals surface area contributed by atoms with Crippen LogP contribution in [0, 0.1) is 12.8 Å². The quantitative estimate of drug-likeness (QED) is 0.554. The molecular formula is C26H25N5O4. The zero-order valence-corrected chi connectivity index (χ0v) is 19.3. The Morgan fingerprint density at radius 2 is 1.86 bits per heavy atom. The van der Waals surface area contributed by atoms with E-state index in [1.165, 1.54) is 5.56 Å². The van der Waals surface area contributed by atoms with E-state index in [1.807, 2.05) is 0 Å². The Hall–Kier alpha value is -4.01. The third-order valence-electron chi connectivity index (χ3n) is 7.38. The first-order valence-corrected chi connectivity index (χ1v) is 11.9. The number of aromatic nitrogens is 2. The van der Waals surface area contributed by atoms with Gasteiger partial charge in [-0.2, -0.15) is 5.10 Å². The number of rotatable bonds is 5. The van der Waals surface area contributed by atoms with Crippen LogP contribution in [0.2, 0.25) is 0 Å². The third-order valence-corrected chi connectivity index (χ3v) is 7.38. The van der Waals surface area contributed by atoms with Crippen LogP contribution in [0.5, 0.6) is 0 Å². The average Bonchev–Trinajstić information content (AvgIpc) is 3.33. The van der Waals surface area contributed by atoms with E-state index in [1.54, 1.807) is 18.2 Å². The van der Waals surface area contributed by atoms with Gasteiger partial charge in [0, 0.05) is 30.2 Å². The molecule has 1 saturated carbocycles. The normalized spacial score (nSPS) is 23.9. The zero-order valence-electron chi connectivity index (χ0n) is 19.3. The number of hydrogen-bond donors (Lipinski definition) is 2. The molecule has 9 heteroatoms. The Kier molecular flexibility index (Phi) is 4.94. The Balaban J connectivity index is 1.09. The van der Waals surface area contributed by atoms with E-state index in [-0.39, 0.29) is 29.9 Å². The summed E-state index contributed by atoms with van der Waals surface area (Å²) in [6, 6.07) is 10.7. The van der Waals surface area contributed by atoms with E-state index in [0.29, 0.717) is 12.0 Å². The molecular weight excluding hydrogens is 446 g/mol. The first-order chi connectivity index (χ1) is 16.9. The molecule has 1 atom stereocenters. The number of carbonyl (C=O) groups excluding carboxylic acids is 4. The van der Waals surface area contributed by atoms with E-state index < -0.39 is 23.8 Å². The lowest BCUT2D eigenvalue weighted by Gasteiger charge is -2.35. The van der Waals surface area contributed by atoms with Gasteiger partial charge in [0.1, 0.15) is 6.04 Å². The number of anilines is 1. The fourth-order valence-electron chi connectivity index (χ4n) is 5.32. The van der Waals surface area contributed by atoms with Crippen molar-refractivity contribution in [3.05, 3.63) is 59.3 Å². The number of hydrogen-bond acceptors (Lipinski definition) is 6. The average molecular weight is 472 g/mol. The maximum absolute atomic E-state index is 13.0. The summed E-state index contributed by atoms with van der Waals surface area (Å²) in [7, 11) is 0. The predicted molar refractivity (Wildman–Crippen MR) is 128 cm³/mol. The van der Waals surface area contributed by atoms with Crippen molar-refractivity contribution in [1.29, 1.82) is 0 Å². The second kappa shape index (κ2) is 8.04. The van der Waals surface area contributed by atoms with Gasteiger partial charge in [-0.1, -0.05) is 18.2 Å². The number of piperidine rings is 1. The minimum Gasteiger partial charge on any atom is -0.385 e. The Labute approximate surface area is 201 Å². The highest BCUT2D eigenvalue weighted by Crippen LogP contribution is 2.38. The first kappa shape index (κ1) is 21.5. The molecule has 4 amide bonds. The Morgan fingerprint density at radius 3 is 2.63 bits per heavy atom. The maximum Gasteiger partial charge on any atom is 0.262 e. The summed E-state index contributed by atoms with van der Waals surface area (Å²) in [6.45, 7) is 2.83. The van der Waals surface area contributed by atoms with Crippen molar-refractivity contribution in [3.63, 3.8) is 0 Å². The number of nitrogens with zero attached hydrogens (tertiary/aromatic N) is 3. The summed E-state index contributed by atoms with van der Waals surface area (Å²) >= 11 is 0. The molecule has 2 N–H and O–H groups in total. The number of fused-ring (bicyclic) bond motifs is 2. The van der Waals surface area contributed by atoms with Crippen LogP contribution in [-0.2, 0) is 9.59 Å². The Bertz CT molecular complexity index is 1400. The second-order valence-corrected chi connectivity index (χ2v) is 9.70. The van der Waals surface area contributed by atoms with E-state index >= 15 is 0 Å². The van der Waals surface area contributed by atoms with E-state index in [0.717, 1.165) is 40.9 Å². The molecule has 35 heavy (non-hydrogen) atoms. The molecule has 178 valence electrons. The molecule has 2 aromatic carbocycles. The van der Waals surface area contributed by atoms with Crippen LogP contribution in [0.25, 0.3) is 10.9 Å². The minimum atomic E-state index is -0.953. The summed E-state index contributed by atoms with van der Waals surface area (Å²) < 4.78 is 2.08. The van der Waals surface area contributed by atoms with Crippen LogP contribution in [0.1, 0.15) is 58.0 Å². The van der Waals surface area contributed by atoms with Gasteiger partial charge in [-0.15, -0.1) is 0 Å². The molecule has 1 aliphatic carbocycles. The SMILES string of the molecule is Cc1cccc2cn([C@H]3C[C@H](CNc4ccc5c(c4)C(=O)N(C4CCC(=O)NC4=O)C5=O)C3)nc12. The van der Waals surface area contributed by atoms with E-state index in [9.17, 15) is 19.2 Å². The van der Waals surface area contributed by atoms with Crippen LogP contribution in [-0.4, -0.2) is 50.9 Å². The molecule has 0 radical (unpaired) electrons. The van der Waals surface area contributed by atoms with E-state index in [2.05, 4.69) is 46.6 Å². The monoisotopic (exact) mass is 471 g/mol. The molecule has 1 aromatic heterocycles. The van der Waals surface area contributed by atoms with Crippen molar-refractivity contribution in [2.45, 2.75) is 44.7 Å². The van der Waals surface area contributed by atoms with Gasteiger partial charge >= 0.3 is 0 Å². The highest BCUT2D eigenvalue weighted by atomic mass is 16.2. The maximum atomic E-state index is 13.0. The van der Waals surface area contributed by atoms with Crippen molar-refractivity contribution in [1.82, 2.24) is 20.0 Å². The van der Waals surface area contributed by atoms with Crippen LogP contribution in [0.3, 0.4) is 0 Å². The summed E-state index contributed by atoms with van der Waals surface area (Å²) in [5, 5.41) is 11.5. The minimum absolute atomic E-state index is 0.104. The topological polar surface area (TPSA) is 113 Å². The number of carbonyl (C=O) groups is 4. The van der Waals surface area contributed by atoms with Gasteiger partial charge in [0.2, 0.25) is 11.8 Å². The molecule has 1 unspecified atom stereocenters. The lowest BCUT2D eigenvalue weighted by Crippen LogP contribution is -2.54. The number of amides is 4. The summed E-state index contributed by atoms with van der Waals surface area (Å²) in [5.74, 6) is -1.49. The summed E-state index contributed by atoms with van der Waals surface area (Å²) in [5.41, 5.74) is 3.57. The Morgan fingerprint density at radius 1 is 1.06 bits per heavy atom. The number of nitrogens with one attached hydrogen (secondary N) is 2. The van der Waals surface area contributed by atoms with Gasteiger partial charge < -0.3 is 5.32 Å². The summed E-state index contributed by atoms with van der Waals surface area (Å²) in [6.07, 6.45) is 4.41. The van der Waals surface area contributed by atoms with Gasteiger partial charge in [-0.25, -0.2) is 0 Å². The van der Waals surface area contributed by atoms with Gasteiger partial charge in [0.05, 0.1) is 22.7 Å². The smallest absolute Gasteiger partial charge is 0.262 e. The van der Waals surface area contributed by atoms with Crippen molar-refractivity contribution >= 4 is 40.2 Å². The van der Waals surface area contributed by atoms with Crippen LogP contribution < -0.4 is 10.6 Å². The molecule has 2 aliphatic heterocycles. The standard InChI is InChI=1S/C26H25N5O4/c1-14-3-2-4-16-13-30(29-23(14)16)18-9-15(10-18)12-27-17-5-6-19-20(11-17)26(35)31(25(19)34)21-7-8-22(32)28-24(21)33/h2-6,11,13,15,18,21,27H,7-10,12H2,1H3,(H,28,32,33)/t15-,18-,21?. The molecule has 3 aliphatic rings. The molecule has 1 saturated heterocycles. The van der Waals surface area contributed by atoms with Crippen LogP contribution in [0.4, 0.5) is 5.69 Å². The van der Waals surface area contributed by atoms with Gasteiger partial charge in [0.15, 0.2) is 0 Å². The fraction of sp³-hybridized carbons (Fsp3) is 0.346. The second-order valence-electron chi connectivity index (χ2n) is 9.70. The molecule has 6 rings (SSSR count). The first-order valence-electron chi connectivity index (χ1n) is 11.9. The largest absolute Gasteiger partial charge is 0.385 e. The van der Waals surface area contributed by atoms with Gasteiger partial charge in [0.25, 0.3) is 11.8 Å².